The summed E-state index contributed by atoms with van der Waals surface area (Å²) in [4.78, 5) is 26.8. The van der Waals surface area contributed by atoms with Gasteiger partial charge in [-0.3, -0.25) is 9.59 Å². The molecule has 0 bridgehead atoms. The summed E-state index contributed by atoms with van der Waals surface area (Å²) in [5, 5.41) is 22.7. The lowest BCUT2D eigenvalue weighted by Gasteiger charge is -2.25. The van der Waals surface area contributed by atoms with Gasteiger partial charge in [-0.05, 0) is 30.3 Å². The van der Waals surface area contributed by atoms with Gasteiger partial charge in [-0.25, -0.2) is 4.39 Å². The van der Waals surface area contributed by atoms with Crippen molar-refractivity contribution in [2.45, 2.75) is 6.04 Å². The van der Waals surface area contributed by atoms with Gasteiger partial charge >= 0.3 is 0 Å². The first kappa shape index (κ1) is 21.5. The Labute approximate surface area is 173 Å². The van der Waals surface area contributed by atoms with Crippen LogP contribution < -0.4 is 10.1 Å². The molecule has 1 amide bonds. The fourth-order valence-corrected chi connectivity index (χ4v) is 3.44. The first-order valence-electron chi connectivity index (χ1n) is 9.48. The molecule has 2 aromatic rings. The Morgan fingerprint density at radius 1 is 1.13 bits per heavy atom. The lowest BCUT2D eigenvalue weighted by atomic mass is 9.95. The Bertz CT molecular complexity index is 958. The molecule has 2 aromatic carbocycles. The summed E-state index contributed by atoms with van der Waals surface area (Å²) < 4.78 is 19.7. The normalized spacial score (nSPS) is 18.1. The Kier molecular flexibility index (Phi) is 6.81. The van der Waals surface area contributed by atoms with Crippen molar-refractivity contribution in [1.29, 1.82) is 0 Å². The largest absolute Gasteiger partial charge is 0.507 e. The Morgan fingerprint density at radius 3 is 2.47 bits per heavy atom. The predicted molar refractivity (Wildman–Crippen MR) is 108 cm³/mol. The second-order valence-electron chi connectivity index (χ2n) is 6.72. The fraction of sp³-hybridized carbons (Fsp3) is 0.273. The molecule has 8 heteroatoms. The molecular weight excluding hydrogens is 391 g/mol. The highest BCUT2D eigenvalue weighted by Gasteiger charge is 2.46. The van der Waals surface area contributed by atoms with Gasteiger partial charge in [-0.15, -0.1) is 0 Å². The minimum absolute atomic E-state index is 0.0764. The molecule has 30 heavy (non-hydrogen) atoms. The van der Waals surface area contributed by atoms with Crippen LogP contribution in [0.4, 0.5) is 4.39 Å². The van der Waals surface area contributed by atoms with Crippen molar-refractivity contribution in [3.8, 4) is 5.75 Å². The highest BCUT2D eigenvalue weighted by Crippen LogP contribution is 2.40. The molecule has 1 atom stereocenters. The Hall–Kier alpha value is -3.23. The number of Topliss-reactive ketones (excluding diaryl/α,β-unsaturated/α-hetero) is 1. The second-order valence-corrected chi connectivity index (χ2v) is 6.72. The summed E-state index contributed by atoms with van der Waals surface area (Å²) in [6, 6.07) is 11.1. The number of halogens is 1. The number of nitrogens with one attached hydrogen (secondary N) is 1. The number of amides is 1. The summed E-state index contributed by atoms with van der Waals surface area (Å²) >= 11 is 0. The first-order valence-corrected chi connectivity index (χ1v) is 9.48. The number of likely N-dealkylation sites (tertiary alicyclic amines) is 1. The topological polar surface area (TPSA) is 99.1 Å². The van der Waals surface area contributed by atoms with Gasteiger partial charge < -0.3 is 25.2 Å². The van der Waals surface area contributed by atoms with Gasteiger partial charge in [0, 0.05) is 30.8 Å². The molecule has 158 valence electrons. The van der Waals surface area contributed by atoms with Crippen LogP contribution in [0.25, 0.3) is 5.76 Å². The number of carbonyl (C=O) groups is 2. The van der Waals surface area contributed by atoms with Crippen LogP contribution in [0.15, 0.2) is 54.1 Å². The van der Waals surface area contributed by atoms with Gasteiger partial charge in [-0.2, -0.15) is 0 Å². The predicted octanol–water partition coefficient (Wildman–Crippen LogP) is 1.84. The number of ether oxygens (including phenoxy) is 1. The molecule has 0 radical (unpaired) electrons. The van der Waals surface area contributed by atoms with Crippen LogP contribution in [0, 0.1) is 5.82 Å². The lowest BCUT2D eigenvalue weighted by Crippen LogP contribution is -2.36. The highest BCUT2D eigenvalue weighted by atomic mass is 19.1. The number of hydrogen-bond acceptors (Lipinski definition) is 6. The van der Waals surface area contributed by atoms with Crippen molar-refractivity contribution in [3.05, 3.63) is 71.0 Å². The molecule has 0 spiro atoms. The molecule has 3 rings (SSSR count). The zero-order valence-electron chi connectivity index (χ0n) is 16.5. The van der Waals surface area contributed by atoms with Crippen LogP contribution in [0.5, 0.6) is 5.75 Å². The van der Waals surface area contributed by atoms with Crippen LogP contribution in [-0.4, -0.2) is 60.2 Å². The third-order valence-electron chi connectivity index (χ3n) is 4.92. The number of aliphatic hydroxyl groups excluding tert-OH is 2. The van der Waals surface area contributed by atoms with Gasteiger partial charge in [0.15, 0.2) is 0 Å². The van der Waals surface area contributed by atoms with Gasteiger partial charge in [0.25, 0.3) is 11.7 Å². The molecule has 1 aliphatic rings. The number of nitrogens with zero attached hydrogens (tertiary/aromatic N) is 1. The molecular formula is C22H23FN2O5. The third-order valence-corrected chi connectivity index (χ3v) is 4.92. The van der Waals surface area contributed by atoms with E-state index in [1.165, 1.54) is 30.2 Å². The smallest absolute Gasteiger partial charge is 0.295 e. The SMILES string of the molecule is COc1ccc(C(O)=C2C(=O)C(=O)N(CCNCCO)[C@@H]2c2ccccc2F)cc1. The number of aliphatic hydroxyl groups is 2. The van der Waals surface area contributed by atoms with Crippen LogP contribution in [0.3, 0.4) is 0 Å². The zero-order valence-corrected chi connectivity index (χ0v) is 16.5. The van der Waals surface area contributed by atoms with Crippen molar-refractivity contribution < 1.29 is 28.9 Å². The standard InChI is InChI=1S/C22H23FN2O5/c1-30-15-8-6-14(7-9-15)20(27)18-19(16-4-2-3-5-17(16)23)25(22(29)21(18)28)12-10-24-11-13-26/h2-9,19,24,26-27H,10-13H2,1H3/t19-/m1/s1. The van der Waals surface area contributed by atoms with E-state index in [0.717, 1.165) is 0 Å². The molecule has 0 unspecified atom stereocenters. The third kappa shape index (κ3) is 4.19. The van der Waals surface area contributed by atoms with Gasteiger partial charge in [0.05, 0.1) is 25.3 Å². The molecule has 1 saturated heterocycles. The van der Waals surface area contributed by atoms with E-state index in [4.69, 9.17) is 9.84 Å². The van der Waals surface area contributed by atoms with E-state index in [0.29, 0.717) is 24.4 Å². The van der Waals surface area contributed by atoms with Crippen molar-refractivity contribution in [2.24, 2.45) is 0 Å². The van der Waals surface area contributed by atoms with Gasteiger partial charge in [0.2, 0.25) is 0 Å². The zero-order chi connectivity index (χ0) is 21.7. The van der Waals surface area contributed by atoms with E-state index < -0.39 is 23.5 Å². The van der Waals surface area contributed by atoms with Crippen LogP contribution >= 0.6 is 0 Å². The summed E-state index contributed by atoms with van der Waals surface area (Å²) in [7, 11) is 1.50. The van der Waals surface area contributed by atoms with E-state index >= 15 is 0 Å². The molecule has 1 heterocycles. The molecule has 3 N–H and O–H groups in total. The van der Waals surface area contributed by atoms with Crippen LogP contribution in [-0.2, 0) is 9.59 Å². The highest BCUT2D eigenvalue weighted by molar-refractivity contribution is 6.46. The minimum Gasteiger partial charge on any atom is -0.507 e. The summed E-state index contributed by atoms with van der Waals surface area (Å²) in [5.74, 6) is -2.09. The number of rotatable bonds is 8. The lowest BCUT2D eigenvalue weighted by molar-refractivity contribution is -0.139. The van der Waals surface area contributed by atoms with Crippen molar-refractivity contribution >= 4 is 17.4 Å². The number of ketones is 1. The molecule has 0 aromatic heterocycles. The average molecular weight is 414 g/mol. The monoisotopic (exact) mass is 414 g/mol. The van der Waals surface area contributed by atoms with E-state index in [-0.39, 0.29) is 30.0 Å². The van der Waals surface area contributed by atoms with Crippen molar-refractivity contribution in [1.82, 2.24) is 10.2 Å². The number of hydrogen-bond donors (Lipinski definition) is 3. The van der Waals surface area contributed by atoms with Gasteiger partial charge in [0.1, 0.15) is 17.3 Å². The minimum atomic E-state index is -1.07. The Morgan fingerprint density at radius 2 is 1.83 bits per heavy atom. The summed E-state index contributed by atoms with van der Waals surface area (Å²) in [6.45, 7) is 0.636. The van der Waals surface area contributed by atoms with E-state index in [1.807, 2.05) is 0 Å². The Balaban J connectivity index is 2.07. The maximum atomic E-state index is 14.6. The van der Waals surface area contributed by atoms with E-state index in [1.54, 1.807) is 30.3 Å². The second kappa shape index (κ2) is 9.51. The molecule has 1 aliphatic heterocycles. The molecule has 7 nitrogen and oxygen atoms in total. The number of methoxy groups -OCH3 is 1. The maximum absolute atomic E-state index is 14.6. The maximum Gasteiger partial charge on any atom is 0.295 e. The molecule has 0 saturated carbocycles. The van der Waals surface area contributed by atoms with Crippen molar-refractivity contribution in [2.75, 3.05) is 33.4 Å². The molecule has 0 aliphatic carbocycles. The number of carbonyl (C=O) groups excluding carboxylic acids is 2. The van der Waals surface area contributed by atoms with Crippen LogP contribution in [0.2, 0.25) is 0 Å². The summed E-state index contributed by atoms with van der Waals surface area (Å²) in [6.07, 6.45) is 0. The van der Waals surface area contributed by atoms with Gasteiger partial charge in [-0.1, -0.05) is 18.2 Å². The first-order chi connectivity index (χ1) is 14.5. The average Bonchev–Trinajstić information content (AvgIpc) is 3.01. The van der Waals surface area contributed by atoms with E-state index in [9.17, 15) is 19.1 Å². The van der Waals surface area contributed by atoms with Crippen molar-refractivity contribution in [3.63, 3.8) is 0 Å². The number of benzene rings is 2. The molecule has 1 fully saturated rings. The fourth-order valence-electron chi connectivity index (χ4n) is 3.44. The summed E-state index contributed by atoms with van der Waals surface area (Å²) in [5.41, 5.74) is 0.264. The van der Waals surface area contributed by atoms with Crippen LogP contribution in [0.1, 0.15) is 17.2 Å². The quantitative estimate of drug-likeness (QED) is 0.264. The van der Waals surface area contributed by atoms with E-state index in [2.05, 4.69) is 5.32 Å².